The fourth-order valence-electron chi connectivity index (χ4n) is 7.62. The van der Waals surface area contributed by atoms with E-state index in [-0.39, 0.29) is 54.8 Å². The predicted octanol–water partition coefficient (Wildman–Crippen LogP) is 3.08. The summed E-state index contributed by atoms with van der Waals surface area (Å²) in [7, 11) is 0. The van der Waals surface area contributed by atoms with Crippen molar-refractivity contribution in [2.45, 2.75) is 82.7 Å². The van der Waals surface area contributed by atoms with Gasteiger partial charge in [0.05, 0.1) is 30.0 Å². The molecule has 0 radical (unpaired) electrons. The van der Waals surface area contributed by atoms with Crippen LogP contribution in [0.3, 0.4) is 0 Å². The highest BCUT2D eigenvalue weighted by Crippen LogP contribution is 2.82. The van der Waals surface area contributed by atoms with Gasteiger partial charge in [0.1, 0.15) is 29.4 Å². The largest absolute Gasteiger partial charge is 0.472 e. The molecule has 3 saturated heterocycles. The van der Waals surface area contributed by atoms with Crippen LogP contribution in [0.25, 0.3) is 0 Å². The average Bonchev–Trinajstić information content (AvgIpc) is 3.00. The molecule has 7 atom stereocenters. The Morgan fingerprint density at radius 3 is 2.67 bits per heavy atom. The summed E-state index contributed by atoms with van der Waals surface area (Å²) < 4.78 is 22.7. The zero-order valence-corrected chi connectivity index (χ0v) is 19.1. The molecular formula is C25H28O8. The van der Waals surface area contributed by atoms with Crippen molar-refractivity contribution in [3.8, 4) is 0 Å². The summed E-state index contributed by atoms with van der Waals surface area (Å²) in [4.78, 5) is 51.4. The Balaban J connectivity index is 1.24. The molecule has 2 saturated carbocycles. The molecule has 2 aliphatic carbocycles. The van der Waals surface area contributed by atoms with E-state index in [1.165, 1.54) is 0 Å². The van der Waals surface area contributed by atoms with Gasteiger partial charge in [-0.2, -0.15) is 0 Å². The van der Waals surface area contributed by atoms with Gasteiger partial charge in [0.2, 0.25) is 0 Å². The van der Waals surface area contributed by atoms with Crippen LogP contribution in [0.5, 0.6) is 0 Å². The second-order valence-corrected chi connectivity index (χ2v) is 11.2. The van der Waals surface area contributed by atoms with E-state index in [1.807, 2.05) is 20.8 Å². The van der Waals surface area contributed by atoms with Crippen molar-refractivity contribution in [2.24, 2.45) is 22.7 Å². The van der Waals surface area contributed by atoms with Crippen molar-refractivity contribution in [1.82, 2.24) is 0 Å². The fourth-order valence-corrected chi connectivity index (χ4v) is 7.62. The molecule has 3 aliphatic heterocycles. The van der Waals surface area contributed by atoms with Crippen molar-refractivity contribution in [3.63, 3.8) is 0 Å². The Hall–Kier alpha value is -2.48. The molecule has 8 heteroatoms. The maximum Gasteiger partial charge on any atom is 0.314 e. The number of hydrogen-bond donors (Lipinski definition) is 0. The van der Waals surface area contributed by atoms with Crippen LogP contribution in [0.2, 0.25) is 0 Å². The predicted molar refractivity (Wildman–Crippen MR) is 111 cm³/mol. The molecule has 0 N–H and O–H groups in total. The van der Waals surface area contributed by atoms with Crippen LogP contribution in [-0.4, -0.2) is 40.8 Å². The number of ether oxygens (including phenoxy) is 3. The zero-order valence-electron chi connectivity index (χ0n) is 19.1. The molecule has 0 spiro atoms. The van der Waals surface area contributed by atoms with Crippen molar-refractivity contribution in [2.75, 3.05) is 0 Å². The third kappa shape index (κ3) is 2.56. The van der Waals surface area contributed by atoms with Crippen LogP contribution in [0.4, 0.5) is 0 Å². The molecule has 5 fully saturated rings. The molecule has 0 amide bonds. The summed E-state index contributed by atoms with van der Waals surface area (Å²) in [6.07, 6.45) is 4.09. The number of fused-ring (bicyclic) bond motifs is 1. The number of ketones is 2. The lowest BCUT2D eigenvalue weighted by Crippen LogP contribution is -2.44. The van der Waals surface area contributed by atoms with Gasteiger partial charge in [0.25, 0.3) is 0 Å². The Kier molecular flexibility index (Phi) is 4.05. The molecule has 176 valence electrons. The molecule has 1 aromatic rings. The minimum atomic E-state index is -0.923. The average molecular weight is 456 g/mol. The van der Waals surface area contributed by atoms with Gasteiger partial charge in [-0.25, -0.2) is 0 Å². The smallest absolute Gasteiger partial charge is 0.314 e. The van der Waals surface area contributed by atoms with Gasteiger partial charge in [-0.05, 0) is 39.7 Å². The molecule has 8 nitrogen and oxygen atoms in total. The van der Waals surface area contributed by atoms with Crippen LogP contribution in [0, 0.1) is 22.7 Å². The Morgan fingerprint density at radius 1 is 1.15 bits per heavy atom. The summed E-state index contributed by atoms with van der Waals surface area (Å²) in [5.74, 6) is -1.86. The van der Waals surface area contributed by atoms with Gasteiger partial charge in [-0.1, -0.05) is 0 Å². The van der Waals surface area contributed by atoms with Crippen molar-refractivity contribution >= 4 is 23.5 Å². The SMILES string of the molecule is CC1(C)O[C@H]2CC(=O)O[C@]2(C)[C@@H]1CC(=O)C[C@@H]1C(=O)CC[C@]23C[C@]12C(=O)O[C@@H]3c1ccoc1. The summed E-state index contributed by atoms with van der Waals surface area (Å²) >= 11 is 0. The minimum Gasteiger partial charge on any atom is -0.472 e. The van der Waals surface area contributed by atoms with Gasteiger partial charge in [-0.3, -0.25) is 19.2 Å². The number of carbonyl (C=O) groups excluding carboxylic acids is 4. The lowest BCUT2D eigenvalue weighted by Gasteiger charge is -2.34. The lowest BCUT2D eigenvalue weighted by molar-refractivity contribution is -0.154. The molecule has 1 aromatic heterocycles. The number of carbonyl (C=O) groups is 4. The third-order valence-electron chi connectivity index (χ3n) is 9.26. The zero-order chi connectivity index (χ0) is 23.4. The first-order valence-corrected chi connectivity index (χ1v) is 11.7. The van der Waals surface area contributed by atoms with Crippen LogP contribution in [-0.2, 0) is 33.4 Å². The number of Topliss-reactive ketones (excluding diaryl/α,β-unsaturated/α-hetero) is 2. The van der Waals surface area contributed by atoms with E-state index < -0.39 is 34.1 Å². The van der Waals surface area contributed by atoms with Gasteiger partial charge >= 0.3 is 11.9 Å². The van der Waals surface area contributed by atoms with E-state index >= 15 is 0 Å². The van der Waals surface area contributed by atoms with Crippen LogP contribution in [0.1, 0.15) is 71.0 Å². The monoisotopic (exact) mass is 456 g/mol. The van der Waals surface area contributed by atoms with E-state index in [2.05, 4.69) is 0 Å². The number of cyclic esters (lactones) is 1. The standard InChI is InChI=1S/C25H28O8/c1-22(2)17(23(3)18(32-22)10-19(28)33-23)9-14(26)8-15-16(27)4-6-24-12-25(15,24)21(29)31-20(24)13-5-7-30-11-13/h5,7,11,15,17-18,20H,4,6,8-10,12H2,1-3H3/t15-,17-,18+,20-,23-,24-,25-/m1/s1. The van der Waals surface area contributed by atoms with Crippen molar-refractivity contribution in [1.29, 1.82) is 0 Å². The summed E-state index contributed by atoms with van der Waals surface area (Å²) in [5, 5.41) is 0. The first-order valence-electron chi connectivity index (χ1n) is 11.7. The Morgan fingerprint density at radius 2 is 1.94 bits per heavy atom. The molecule has 5 aliphatic rings. The van der Waals surface area contributed by atoms with Crippen molar-refractivity contribution < 1.29 is 37.8 Å². The second kappa shape index (κ2) is 6.34. The van der Waals surface area contributed by atoms with Crippen LogP contribution < -0.4 is 0 Å². The quantitative estimate of drug-likeness (QED) is 0.622. The van der Waals surface area contributed by atoms with E-state index in [4.69, 9.17) is 18.6 Å². The third-order valence-corrected chi connectivity index (χ3v) is 9.26. The topological polar surface area (TPSA) is 109 Å². The highest BCUT2D eigenvalue weighted by Gasteiger charge is 2.85. The summed E-state index contributed by atoms with van der Waals surface area (Å²) in [5.41, 5.74) is -2.08. The Bertz CT molecular complexity index is 1070. The highest BCUT2D eigenvalue weighted by molar-refractivity contribution is 5.99. The summed E-state index contributed by atoms with van der Waals surface area (Å²) in [6.45, 7) is 5.64. The first kappa shape index (κ1) is 21.1. The van der Waals surface area contributed by atoms with Gasteiger partial charge in [-0.15, -0.1) is 0 Å². The van der Waals surface area contributed by atoms with E-state index in [0.29, 0.717) is 19.3 Å². The van der Waals surface area contributed by atoms with Crippen molar-refractivity contribution in [3.05, 3.63) is 24.2 Å². The van der Waals surface area contributed by atoms with E-state index in [0.717, 1.165) is 5.56 Å². The minimum absolute atomic E-state index is 0.00490. The van der Waals surface area contributed by atoms with E-state index in [1.54, 1.807) is 18.6 Å². The molecule has 0 unspecified atom stereocenters. The summed E-state index contributed by atoms with van der Waals surface area (Å²) in [6, 6.07) is 1.79. The number of hydrogen-bond acceptors (Lipinski definition) is 8. The Labute approximate surface area is 191 Å². The lowest BCUT2D eigenvalue weighted by atomic mass is 9.67. The number of esters is 2. The molecule has 0 bridgehead atoms. The van der Waals surface area contributed by atoms with Gasteiger partial charge in [0, 0.05) is 42.1 Å². The highest BCUT2D eigenvalue weighted by atomic mass is 16.6. The number of rotatable bonds is 5. The molecule has 33 heavy (non-hydrogen) atoms. The van der Waals surface area contributed by atoms with E-state index in [9.17, 15) is 19.2 Å². The van der Waals surface area contributed by atoms with Gasteiger partial charge < -0.3 is 18.6 Å². The second-order valence-electron chi connectivity index (χ2n) is 11.2. The van der Waals surface area contributed by atoms with Crippen LogP contribution in [0.15, 0.2) is 23.0 Å². The molecular weight excluding hydrogens is 428 g/mol. The fraction of sp³-hybridized carbons (Fsp3) is 0.680. The number of furan rings is 1. The molecule has 0 aromatic carbocycles. The normalized spacial score (nSPS) is 44.6. The van der Waals surface area contributed by atoms with Crippen LogP contribution >= 0.6 is 0 Å². The molecule has 6 rings (SSSR count). The maximum atomic E-state index is 13.4. The first-order chi connectivity index (χ1) is 15.5. The maximum absolute atomic E-state index is 13.4. The van der Waals surface area contributed by atoms with Gasteiger partial charge in [0.15, 0.2) is 0 Å². The molecule has 4 heterocycles.